The molecule has 0 heterocycles. The van der Waals surface area contributed by atoms with Crippen LogP contribution in [0.5, 0.6) is 0 Å². The Morgan fingerprint density at radius 2 is 1.85 bits per heavy atom. The number of ether oxygens (including phenoxy) is 1. The second-order valence-corrected chi connectivity index (χ2v) is 5.80. The first-order valence-electron chi connectivity index (χ1n) is 9.15. The van der Waals surface area contributed by atoms with E-state index in [0.717, 1.165) is 13.1 Å². The summed E-state index contributed by atoms with van der Waals surface area (Å²) in [5.41, 5.74) is 1.26. The predicted octanol–water partition coefficient (Wildman–Crippen LogP) is 0.997. The highest BCUT2D eigenvalue weighted by atomic mass is 16.5. The number of likely N-dealkylation sites (N-methyl/N-ethyl adjacent to an activating group) is 1. The van der Waals surface area contributed by atoms with Crippen molar-refractivity contribution < 1.29 is 9.53 Å². The zero-order chi connectivity index (χ0) is 19.2. The van der Waals surface area contributed by atoms with Gasteiger partial charge >= 0.3 is 0 Å². The molecule has 0 aliphatic rings. The molecule has 0 saturated carbocycles. The van der Waals surface area contributed by atoms with Crippen LogP contribution in [0, 0.1) is 0 Å². The van der Waals surface area contributed by atoms with Crippen LogP contribution in [0.3, 0.4) is 0 Å². The minimum Gasteiger partial charge on any atom is -0.383 e. The highest BCUT2D eigenvalue weighted by Crippen LogP contribution is 2.19. The number of hydrogen-bond donors (Lipinski definition) is 3. The largest absolute Gasteiger partial charge is 0.383 e. The van der Waals surface area contributed by atoms with Crippen LogP contribution in [-0.4, -0.2) is 70.3 Å². The molecule has 0 aromatic heterocycles. The SMILES string of the molecule is CCN(CC)C(CNC(=NC)NCC(=O)NCCOC)c1ccccc1. The van der Waals surface area contributed by atoms with Crippen LogP contribution in [0.2, 0.25) is 0 Å². The fourth-order valence-corrected chi connectivity index (χ4v) is 2.73. The van der Waals surface area contributed by atoms with Crippen LogP contribution in [0.15, 0.2) is 35.3 Å². The Morgan fingerprint density at radius 3 is 2.42 bits per heavy atom. The predicted molar refractivity (Wildman–Crippen MR) is 106 cm³/mol. The molecule has 7 heteroatoms. The monoisotopic (exact) mass is 363 g/mol. The summed E-state index contributed by atoms with van der Waals surface area (Å²) in [6.45, 7) is 8.13. The first-order chi connectivity index (χ1) is 12.7. The molecule has 0 aliphatic carbocycles. The lowest BCUT2D eigenvalue weighted by Gasteiger charge is -2.30. The summed E-state index contributed by atoms with van der Waals surface area (Å²) in [5.74, 6) is 0.522. The van der Waals surface area contributed by atoms with E-state index < -0.39 is 0 Å². The van der Waals surface area contributed by atoms with Crippen LogP contribution in [0.1, 0.15) is 25.5 Å². The summed E-state index contributed by atoms with van der Waals surface area (Å²) in [5, 5.41) is 9.15. The second-order valence-electron chi connectivity index (χ2n) is 5.80. The summed E-state index contributed by atoms with van der Waals surface area (Å²) in [7, 11) is 3.31. The van der Waals surface area contributed by atoms with E-state index in [1.807, 2.05) is 6.07 Å². The Morgan fingerprint density at radius 1 is 1.15 bits per heavy atom. The van der Waals surface area contributed by atoms with Gasteiger partial charge in [-0.2, -0.15) is 0 Å². The Bertz CT molecular complexity index is 532. The van der Waals surface area contributed by atoms with Gasteiger partial charge in [0, 0.05) is 27.2 Å². The van der Waals surface area contributed by atoms with Gasteiger partial charge in [-0.05, 0) is 18.7 Å². The van der Waals surface area contributed by atoms with E-state index >= 15 is 0 Å². The lowest BCUT2D eigenvalue weighted by Crippen LogP contribution is -2.46. The zero-order valence-corrected chi connectivity index (χ0v) is 16.4. The van der Waals surface area contributed by atoms with Crippen molar-refractivity contribution in [3.05, 3.63) is 35.9 Å². The number of guanidine groups is 1. The van der Waals surface area contributed by atoms with Crippen molar-refractivity contribution in [1.82, 2.24) is 20.9 Å². The molecule has 1 unspecified atom stereocenters. The molecule has 1 atom stereocenters. The fourth-order valence-electron chi connectivity index (χ4n) is 2.73. The van der Waals surface area contributed by atoms with Gasteiger partial charge in [-0.3, -0.25) is 14.7 Å². The summed E-state index contributed by atoms with van der Waals surface area (Å²) in [4.78, 5) is 18.4. The van der Waals surface area contributed by atoms with Gasteiger partial charge in [-0.15, -0.1) is 0 Å². The molecule has 0 radical (unpaired) electrons. The van der Waals surface area contributed by atoms with Crippen molar-refractivity contribution >= 4 is 11.9 Å². The standard InChI is InChI=1S/C19H33N5O2/c1-5-24(6-2)17(16-10-8-7-9-11-16)14-22-19(20-3)23-15-18(25)21-12-13-26-4/h7-11,17H,5-6,12-15H2,1-4H3,(H,21,25)(H2,20,22,23). The molecule has 1 aromatic rings. The van der Waals surface area contributed by atoms with Crippen molar-refractivity contribution in [3.8, 4) is 0 Å². The molecule has 0 aliphatic heterocycles. The molecule has 0 saturated heterocycles. The summed E-state index contributed by atoms with van der Waals surface area (Å²) in [6.07, 6.45) is 0. The van der Waals surface area contributed by atoms with E-state index in [1.54, 1.807) is 14.2 Å². The smallest absolute Gasteiger partial charge is 0.239 e. The quantitative estimate of drug-likeness (QED) is 0.311. The summed E-state index contributed by atoms with van der Waals surface area (Å²) >= 11 is 0. The first-order valence-corrected chi connectivity index (χ1v) is 9.15. The maximum absolute atomic E-state index is 11.8. The minimum absolute atomic E-state index is 0.0895. The van der Waals surface area contributed by atoms with E-state index in [-0.39, 0.29) is 18.5 Å². The number of aliphatic imine (C=N–C) groups is 1. The fraction of sp³-hybridized carbons (Fsp3) is 0.579. The Balaban J connectivity index is 2.58. The van der Waals surface area contributed by atoms with Crippen LogP contribution in [0.25, 0.3) is 0 Å². The van der Waals surface area contributed by atoms with Gasteiger partial charge < -0.3 is 20.7 Å². The normalized spacial score (nSPS) is 12.7. The summed E-state index contributed by atoms with van der Waals surface area (Å²) < 4.78 is 4.91. The number of rotatable bonds is 11. The number of nitrogens with zero attached hydrogens (tertiary/aromatic N) is 2. The average molecular weight is 364 g/mol. The topological polar surface area (TPSA) is 78.0 Å². The molecule has 3 N–H and O–H groups in total. The number of carbonyl (C=O) groups excluding carboxylic acids is 1. The molecule has 0 bridgehead atoms. The Labute approximate surface area is 157 Å². The molecule has 0 fully saturated rings. The highest BCUT2D eigenvalue weighted by molar-refractivity contribution is 5.86. The van der Waals surface area contributed by atoms with Gasteiger partial charge in [0.2, 0.25) is 5.91 Å². The lowest BCUT2D eigenvalue weighted by atomic mass is 10.1. The molecule has 0 spiro atoms. The molecular weight excluding hydrogens is 330 g/mol. The maximum Gasteiger partial charge on any atom is 0.239 e. The van der Waals surface area contributed by atoms with Crippen molar-refractivity contribution in [2.75, 3.05) is 53.5 Å². The van der Waals surface area contributed by atoms with Crippen LogP contribution in [-0.2, 0) is 9.53 Å². The van der Waals surface area contributed by atoms with Gasteiger partial charge in [0.05, 0.1) is 19.2 Å². The molecule has 1 aromatic carbocycles. The van der Waals surface area contributed by atoms with E-state index in [4.69, 9.17) is 4.74 Å². The van der Waals surface area contributed by atoms with Crippen LogP contribution < -0.4 is 16.0 Å². The van der Waals surface area contributed by atoms with E-state index in [0.29, 0.717) is 25.7 Å². The third-order valence-electron chi connectivity index (χ3n) is 4.17. The van der Waals surface area contributed by atoms with Gasteiger partial charge in [0.15, 0.2) is 5.96 Å². The minimum atomic E-state index is -0.0895. The highest BCUT2D eigenvalue weighted by Gasteiger charge is 2.18. The molecule has 1 amide bonds. The molecule has 7 nitrogen and oxygen atoms in total. The van der Waals surface area contributed by atoms with Crippen molar-refractivity contribution in [3.63, 3.8) is 0 Å². The van der Waals surface area contributed by atoms with Gasteiger partial charge in [-0.25, -0.2) is 0 Å². The third-order valence-corrected chi connectivity index (χ3v) is 4.17. The number of methoxy groups -OCH3 is 1. The Kier molecular flexibility index (Phi) is 11.1. The lowest BCUT2D eigenvalue weighted by molar-refractivity contribution is -0.120. The van der Waals surface area contributed by atoms with Crippen LogP contribution in [0.4, 0.5) is 0 Å². The Hall–Kier alpha value is -2.12. The van der Waals surface area contributed by atoms with Gasteiger partial charge in [-0.1, -0.05) is 44.2 Å². The van der Waals surface area contributed by atoms with E-state index in [2.05, 4.69) is 64.0 Å². The average Bonchev–Trinajstić information content (AvgIpc) is 2.68. The third kappa shape index (κ3) is 7.84. The number of nitrogens with one attached hydrogen (secondary N) is 3. The van der Waals surface area contributed by atoms with Crippen molar-refractivity contribution in [2.45, 2.75) is 19.9 Å². The number of benzene rings is 1. The van der Waals surface area contributed by atoms with Crippen molar-refractivity contribution in [2.24, 2.45) is 4.99 Å². The molecule has 146 valence electrons. The molecule has 26 heavy (non-hydrogen) atoms. The van der Waals surface area contributed by atoms with Crippen LogP contribution >= 0.6 is 0 Å². The number of carbonyl (C=O) groups is 1. The molecular formula is C19H33N5O2. The first kappa shape index (κ1) is 21.9. The maximum atomic E-state index is 11.8. The second kappa shape index (κ2) is 13.1. The van der Waals surface area contributed by atoms with E-state index in [1.165, 1.54) is 5.56 Å². The van der Waals surface area contributed by atoms with E-state index in [9.17, 15) is 4.79 Å². The van der Waals surface area contributed by atoms with Crippen molar-refractivity contribution in [1.29, 1.82) is 0 Å². The number of amides is 1. The molecule has 1 rings (SSSR count). The van der Waals surface area contributed by atoms with Gasteiger partial charge in [0.1, 0.15) is 0 Å². The zero-order valence-electron chi connectivity index (χ0n) is 16.4. The van der Waals surface area contributed by atoms with Gasteiger partial charge in [0.25, 0.3) is 0 Å². The number of hydrogen-bond acceptors (Lipinski definition) is 4. The summed E-state index contributed by atoms with van der Waals surface area (Å²) in [6, 6.07) is 10.7.